The lowest BCUT2D eigenvalue weighted by Crippen LogP contribution is -1.93. The summed E-state index contributed by atoms with van der Waals surface area (Å²) in [5.74, 6) is 2.26. The highest BCUT2D eigenvalue weighted by Gasteiger charge is 2.17. The molecule has 6 heteroatoms. The predicted octanol–water partition coefficient (Wildman–Crippen LogP) is 2.31. The fourth-order valence-corrected chi connectivity index (χ4v) is 2.71. The van der Waals surface area contributed by atoms with Crippen LogP contribution in [-0.2, 0) is 7.05 Å². The fraction of sp³-hybridized carbons (Fsp3) is 0.333. The first-order valence-electron chi connectivity index (χ1n) is 5.55. The van der Waals surface area contributed by atoms with Gasteiger partial charge < -0.3 is 14.0 Å². The van der Waals surface area contributed by atoms with E-state index in [0.29, 0.717) is 6.42 Å². The summed E-state index contributed by atoms with van der Waals surface area (Å²) in [6, 6.07) is 5.97. The van der Waals surface area contributed by atoms with Crippen LogP contribution >= 0.6 is 11.8 Å². The Kier molecular flexibility index (Phi) is 2.76. The van der Waals surface area contributed by atoms with Gasteiger partial charge in [0.1, 0.15) is 0 Å². The van der Waals surface area contributed by atoms with E-state index in [1.165, 1.54) is 0 Å². The van der Waals surface area contributed by atoms with Crippen LogP contribution in [-0.4, -0.2) is 22.1 Å². The summed E-state index contributed by atoms with van der Waals surface area (Å²) >= 11 is 1.58. The first-order valence-corrected chi connectivity index (χ1v) is 6.54. The third-order valence-electron chi connectivity index (χ3n) is 2.78. The van der Waals surface area contributed by atoms with E-state index in [9.17, 15) is 0 Å². The summed E-state index contributed by atoms with van der Waals surface area (Å²) in [5.41, 5.74) is 1.90. The molecule has 1 aromatic carbocycles. The fourth-order valence-electron chi connectivity index (χ4n) is 1.88. The lowest BCUT2D eigenvalue weighted by atomic mass is 10.3. The summed E-state index contributed by atoms with van der Waals surface area (Å²) in [5, 5.41) is 9.45. The molecule has 0 aliphatic carbocycles. The van der Waals surface area contributed by atoms with Crippen LogP contribution in [0.2, 0.25) is 0 Å². The van der Waals surface area contributed by atoms with Gasteiger partial charge in [-0.15, -0.1) is 0 Å². The van der Waals surface area contributed by atoms with Crippen molar-refractivity contribution in [3.8, 4) is 17.6 Å². The van der Waals surface area contributed by atoms with Gasteiger partial charge in [-0.1, -0.05) is 11.8 Å². The van der Waals surface area contributed by atoms with Gasteiger partial charge in [0.15, 0.2) is 16.7 Å². The lowest BCUT2D eigenvalue weighted by molar-refractivity contribution is 0.174. The number of aryl methyl sites for hydroxylation is 1. The monoisotopic (exact) mass is 261 g/mol. The molecular weight excluding hydrogens is 250 g/mol. The molecule has 0 amide bonds. The molecule has 18 heavy (non-hydrogen) atoms. The average molecular weight is 261 g/mol. The predicted molar refractivity (Wildman–Crippen MR) is 67.8 cm³/mol. The second kappa shape index (κ2) is 4.42. The summed E-state index contributed by atoms with van der Waals surface area (Å²) in [4.78, 5) is 4.54. The number of benzene rings is 1. The van der Waals surface area contributed by atoms with Crippen molar-refractivity contribution in [3.63, 3.8) is 0 Å². The number of imidazole rings is 1. The molecule has 1 aliphatic heterocycles. The standard InChI is InChI=1S/C12H11N3O2S/c1-15-9-6-11-10(16-7-17-11)5-8(9)14-12(15)18-4-2-3-13/h5-6H,2,4,7H2,1H3. The summed E-state index contributed by atoms with van der Waals surface area (Å²) in [7, 11) is 1.96. The zero-order chi connectivity index (χ0) is 12.5. The zero-order valence-electron chi connectivity index (χ0n) is 9.84. The molecule has 0 unspecified atom stereocenters. The topological polar surface area (TPSA) is 60.1 Å². The molecule has 0 N–H and O–H groups in total. The molecule has 5 nitrogen and oxygen atoms in total. The molecular formula is C12H11N3O2S. The summed E-state index contributed by atoms with van der Waals surface area (Å²) in [6.07, 6.45) is 0.524. The Labute approximate surface area is 108 Å². The van der Waals surface area contributed by atoms with Gasteiger partial charge in [-0.25, -0.2) is 4.98 Å². The molecule has 2 heterocycles. The van der Waals surface area contributed by atoms with E-state index in [1.54, 1.807) is 11.8 Å². The van der Waals surface area contributed by atoms with Crippen LogP contribution < -0.4 is 9.47 Å². The number of fused-ring (bicyclic) bond motifs is 2. The van der Waals surface area contributed by atoms with Gasteiger partial charge in [0.25, 0.3) is 0 Å². The van der Waals surface area contributed by atoms with Gasteiger partial charge in [-0.2, -0.15) is 5.26 Å². The van der Waals surface area contributed by atoms with E-state index < -0.39 is 0 Å². The molecule has 3 rings (SSSR count). The quantitative estimate of drug-likeness (QED) is 0.626. The third-order valence-corrected chi connectivity index (χ3v) is 3.81. The van der Waals surface area contributed by atoms with Crippen LogP contribution in [0.25, 0.3) is 11.0 Å². The van der Waals surface area contributed by atoms with E-state index in [4.69, 9.17) is 14.7 Å². The Hall–Kier alpha value is -1.87. The van der Waals surface area contributed by atoms with E-state index >= 15 is 0 Å². The molecule has 0 spiro atoms. The Balaban J connectivity index is 1.98. The van der Waals surface area contributed by atoms with Gasteiger partial charge in [0.05, 0.1) is 17.1 Å². The van der Waals surface area contributed by atoms with E-state index in [0.717, 1.165) is 33.4 Å². The van der Waals surface area contributed by atoms with Crippen molar-refractivity contribution in [1.82, 2.24) is 9.55 Å². The number of nitriles is 1. The molecule has 0 saturated carbocycles. The second-order valence-corrected chi connectivity index (χ2v) is 4.97. The van der Waals surface area contributed by atoms with Crippen LogP contribution in [0.4, 0.5) is 0 Å². The molecule has 0 atom stereocenters. The van der Waals surface area contributed by atoms with Crippen LogP contribution in [0.3, 0.4) is 0 Å². The summed E-state index contributed by atoms with van der Waals surface area (Å²) in [6.45, 7) is 0.273. The summed E-state index contributed by atoms with van der Waals surface area (Å²) < 4.78 is 12.7. The van der Waals surface area contributed by atoms with Crippen molar-refractivity contribution in [1.29, 1.82) is 5.26 Å². The van der Waals surface area contributed by atoms with Gasteiger partial charge in [0.2, 0.25) is 6.79 Å². The maximum absolute atomic E-state index is 8.54. The van der Waals surface area contributed by atoms with Crippen molar-refractivity contribution in [2.45, 2.75) is 11.6 Å². The number of rotatable bonds is 3. The molecule has 0 fully saturated rings. The maximum atomic E-state index is 8.54. The highest BCUT2D eigenvalue weighted by atomic mass is 32.2. The minimum Gasteiger partial charge on any atom is -0.454 e. The molecule has 1 aliphatic rings. The molecule has 0 bridgehead atoms. The Morgan fingerprint density at radius 2 is 2.22 bits per heavy atom. The van der Waals surface area contributed by atoms with Gasteiger partial charge >= 0.3 is 0 Å². The SMILES string of the molecule is Cn1c(SCCC#N)nc2cc3c(cc21)OCO3. The van der Waals surface area contributed by atoms with Gasteiger partial charge in [-0.05, 0) is 0 Å². The number of hydrogen-bond acceptors (Lipinski definition) is 5. The number of aromatic nitrogens is 2. The van der Waals surface area contributed by atoms with Crippen molar-refractivity contribution in [3.05, 3.63) is 12.1 Å². The van der Waals surface area contributed by atoms with Gasteiger partial charge in [-0.3, -0.25) is 0 Å². The van der Waals surface area contributed by atoms with E-state index in [-0.39, 0.29) is 6.79 Å². The number of nitrogens with zero attached hydrogens (tertiary/aromatic N) is 3. The van der Waals surface area contributed by atoms with Crippen LogP contribution in [0.5, 0.6) is 11.5 Å². The second-order valence-electron chi connectivity index (χ2n) is 3.90. The number of hydrogen-bond donors (Lipinski definition) is 0. The van der Waals surface area contributed by atoms with Gasteiger partial charge in [0, 0.05) is 31.4 Å². The molecule has 0 saturated heterocycles. The Morgan fingerprint density at radius 1 is 1.44 bits per heavy atom. The van der Waals surface area contributed by atoms with Crippen molar-refractivity contribution < 1.29 is 9.47 Å². The number of ether oxygens (including phenoxy) is 2. The minimum atomic E-state index is 0.273. The highest BCUT2D eigenvalue weighted by molar-refractivity contribution is 7.99. The van der Waals surface area contributed by atoms with Crippen molar-refractivity contribution >= 4 is 22.8 Å². The third kappa shape index (κ3) is 1.77. The van der Waals surface area contributed by atoms with E-state index in [1.807, 2.05) is 23.7 Å². The highest BCUT2D eigenvalue weighted by Crippen LogP contribution is 2.36. The zero-order valence-corrected chi connectivity index (χ0v) is 10.7. The molecule has 92 valence electrons. The smallest absolute Gasteiger partial charge is 0.231 e. The normalized spacial score (nSPS) is 12.9. The van der Waals surface area contributed by atoms with Crippen LogP contribution in [0, 0.1) is 11.3 Å². The number of thioether (sulfide) groups is 1. The molecule has 0 radical (unpaired) electrons. The first-order chi connectivity index (χ1) is 8.79. The first kappa shape index (κ1) is 11.2. The largest absolute Gasteiger partial charge is 0.454 e. The van der Waals surface area contributed by atoms with E-state index in [2.05, 4.69) is 11.1 Å². The lowest BCUT2D eigenvalue weighted by Gasteiger charge is -2.00. The molecule has 1 aromatic heterocycles. The Morgan fingerprint density at radius 3 is 3.00 bits per heavy atom. The van der Waals surface area contributed by atoms with Crippen LogP contribution in [0.1, 0.15) is 6.42 Å². The average Bonchev–Trinajstić information content (AvgIpc) is 2.93. The minimum absolute atomic E-state index is 0.273. The van der Waals surface area contributed by atoms with Crippen molar-refractivity contribution in [2.24, 2.45) is 7.05 Å². The van der Waals surface area contributed by atoms with Crippen molar-refractivity contribution in [2.75, 3.05) is 12.5 Å². The Bertz CT molecular complexity index is 645. The molecule has 2 aromatic rings. The maximum Gasteiger partial charge on any atom is 0.231 e. The van der Waals surface area contributed by atoms with Crippen LogP contribution in [0.15, 0.2) is 17.3 Å².